The molecule has 18 heavy (non-hydrogen) atoms. The van der Waals surface area contributed by atoms with Crippen LogP contribution in [0.15, 0.2) is 23.1 Å². The first-order valence-electron chi connectivity index (χ1n) is 4.70. The highest BCUT2D eigenvalue weighted by Crippen LogP contribution is 2.22. The van der Waals surface area contributed by atoms with E-state index < -0.39 is 22.4 Å². The van der Waals surface area contributed by atoms with Crippen molar-refractivity contribution in [1.29, 1.82) is 5.26 Å². The lowest BCUT2D eigenvalue weighted by Gasteiger charge is -2.09. The third-order valence-corrected chi connectivity index (χ3v) is 3.42. The molecular formula is C10H10N2O5S. The lowest BCUT2D eigenvalue weighted by molar-refractivity contribution is -0.136. The van der Waals surface area contributed by atoms with E-state index in [1.165, 1.54) is 31.5 Å². The molecule has 7 nitrogen and oxygen atoms in total. The van der Waals surface area contributed by atoms with Gasteiger partial charge in [-0.3, -0.25) is 4.79 Å². The van der Waals surface area contributed by atoms with Crippen LogP contribution >= 0.6 is 0 Å². The Bertz CT molecular complexity index is 603. The molecule has 1 aromatic carbocycles. The summed E-state index contributed by atoms with van der Waals surface area (Å²) in [5, 5.41) is 17.1. The number of ether oxygens (including phenoxy) is 1. The van der Waals surface area contributed by atoms with Gasteiger partial charge in [0.25, 0.3) is 10.0 Å². The maximum Gasteiger partial charge on any atom is 0.307 e. The van der Waals surface area contributed by atoms with Gasteiger partial charge in [-0.1, -0.05) is 0 Å². The number of carboxylic acid groups (broad SMARTS) is 1. The first-order chi connectivity index (χ1) is 8.40. The van der Waals surface area contributed by atoms with Crippen LogP contribution in [0.25, 0.3) is 0 Å². The molecule has 1 aromatic rings. The molecule has 0 unspecified atom stereocenters. The van der Waals surface area contributed by atoms with Gasteiger partial charge in [0.1, 0.15) is 5.75 Å². The minimum absolute atomic E-state index is 0.0459. The van der Waals surface area contributed by atoms with Crippen molar-refractivity contribution < 1.29 is 23.1 Å². The van der Waals surface area contributed by atoms with Crippen molar-refractivity contribution in [3.8, 4) is 11.9 Å². The maximum absolute atomic E-state index is 11.7. The summed E-state index contributed by atoms with van der Waals surface area (Å²) in [6, 6.07) is 3.87. The van der Waals surface area contributed by atoms with E-state index in [1.54, 1.807) is 4.72 Å². The van der Waals surface area contributed by atoms with Crippen LogP contribution in [-0.2, 0) is 21.2 Å². The zero-order valence-electron chi connectivity index (χ0n) is 9.37. The molecule has 0 aliphatic carbocycles. The second kappa shape index (κ2) is 5.37. The number of nitrogens with one attached hydrogen (secondary N) is 1. The first kappa shape index (κ1) is 13.8. The highest BCUT2D eigenvalue weighted by molar-refractivity contribution is 7.89. The molecular weight excluding hydrogens is 260 g/mol. The normalized spacial score (nSPS) is 10.4. The molecule has 96 valence electrons. The summed E-state index contributed by atoms with van der Waals surface area (Å²) in [5.41, 5.74) is 0.0459. The Labute approximate surface area is 104 Å². The Kier molecular flexibility index (Phi) is 4.12. The predicted octanol–water partition coefficient (Wildman–Crippen LogP) is 0.0817. The van der Waals surface area contributed by atoms with Gasteiger partial charge < -0.3 is 9.84 Å². The van der Waals surface area contributed by atoms with Crippen molar-refractivity contribution in [2.24, 2.45) is 0 Å². The van der Waals surface area contributed by atoms with Crippen molar-refractivity contribution in [1.82, 2.24) is 4.72 Å². The smallest absolute Gasteiger partial charge is 0.307 e. The van der Waals surface area contributed by atoms with Gasteiger partial charge in [0.05, 0.1) is 18.4 Å². The fourth-order valence-electron chi connectivity index (χ4n) is 1.36. The van der Waals surface area contributed by atoms with Gasteiger partial charge in [-0.25, -0.2) is 13.1 Å². The molecule has 0 aromatic heterocycles. The van der Waals surface area contributed by atoms with E-state index in [0.29, 0.717) is 5.75 Å². The summed E-state index contributed by atoms with van der Waals surface area (Å²) in [7, 11) is -2.67. The van der Waals surface area contributed by atoms with Crippen LogP contribution in [-0.4, -0.2) is 26.6 Å². The van der Waals surface area contributed by atoms with Crippen LogP contribution in [0.3, 0.4) is 0 Å². The summed E-state index contributed by atoms with van der Waals surface area (Å²) in [4.78, 5) is 10.4. The second-order valence-electron chi connectivity index (χ2n) is 3.26. The third-order valence-electron chi connectivity index (χ3n) is 2.08. The molecule has 0 aliphatic rings. The number of nitrogens with zero attached hydrogens (tertiary/aromatic N) is 1. The zero-order chi connectivity index (χ0) is 13.8. The molecule has 0 saturated carbocycles. The average molecular weight is 270 g/mol. The summed E-state index contributed by atoms with van der Waals surface area (Å²) in [6.07, 6.45) is 0.812. The summed E-state index contributed by atoms with van der Waals surface area (Å²) in [5.74, 6) is -0.848. The molecule has 0 atom stereocenters. The number of hydrogen-bond acceptors (Lipinski definition) is 5. The number of rotatable bonds is 5. The van der Waals surface area contributed by atoms with Crippen molar-refractivity contribution in [2.45, 2.75) is 11.3 Å². The molecule has 0 fully saturated rings. The standard InChI is InChI=1S/C10H10N2O5S/c1-17-8-2-3-9(18(15,16)12-6-11)7(4-8)5-10(13)14/h2-4,12H,5H2,1H3,(H,13,14). The van der Waals surface area contributed by atoms with Crippen molar-refractivity contribution >= 4 is 16.0 Å². The van der Waals surface area contributed by atoms with Gasteiger partial charge in [0, 0.05) is 0 Å². The van der Waals surface area contributed by atoms with Crippen LogP contribution < -0.4 is 9.46 Å². The van der Waals surface area contributed by atoms with Crippen LogP contribution in [0.2, 0.25) is 0 Å². The third kappa shape index (κ3) is 3.11. The number of methoxy groups -OCH3 is 1. The number of carbonyl (C=O) groups is 1. The van der Waals surface area contributed by atoms with Crippen LogP contribution in [0, 0.1) is 11.5 Å². The Hall–Kier alpha value is -2.27. The van der Waals surface area contributed by atoms with Crippen molar-refractivity contribution in [2.75, 3.05) is 7.11 Å². The Morgan fingerprint density at radius 1 is 1.56 bits per heavy atom. The fourth-order valence-corrected chi connectivity index (χ4v) is 2.31. The topological polar surface area (TPSA) is 116 Å². The van der Waals surface area contributed by atoms with Crippen LogP contribution in [0.4, 0.5) is 0 Å². The zero-order valence-corrected chi connectivity index (χ0v) is 10.2. The Balaban J connectivity index is 3.35. The summed E-state index contributed by atoms with van der Waals surface area (Å²) in [6.45, 7) is 0. The number of sulfonamides is 1. The van der Waals surface area contributed by atoms with Gasteiger partial charge in [-0.15, -0.1) is 0 Å². The molecule has 1 rings (SSSR count). The number of benzene rings is 1. The largest absolute Gasteiger partial charge is 0.497 e. The minimum atomic E-state index is -4.04. The molecule has 2 N–H and O–H groups in total. The van der Waals surface area contributed by atoms with Gasteiger partial charge in [0.15, 0.2) is 6.19 Å². The quantitative estimate of drug-likeness (QED) is 0.578. The molecule has 8 heteroatoms. The van der Waals surface area contributed by atoms with Crippen molar-refractivity contribution in [3.63, 3.8) is 0 Å². The lowest BCUT2D eigenvalue weighted by Crippen LogP contribution is -2.20. The van der Waals surface area contributed by atoms with E-state index in [2.05, 4.69) is 0 Å². The summed E-state index contributed by atoms with van der Waals surface area (Å²) >= 11 is 0. The molecule has 0 aliphatic heterocycles. The highest BCUT2D eigenvalue weighted by Gasteiger charge is 2.20. The van der Waals surface area contributed by atoms with Crippen molar-refractivity contribution in [3.05, 3.63) is 23.8 Å². The molecule has 0 heterocycles. The lowest BCUT2D eigenvalue weighted by atomic mass is 10.1. The minimum Gasteiger partial charge on any atom is -0.497 e. The number of nitriles is 1. The molecule has 0 bridgehead atoms. The SMILES string of the molecule is COc1ccc(S(=O)(=O)NC#N)c(CC(=O)O)c1. The van der Waals surface area contributed by atoms with E-state index >= 15 is 0 Å². The average Bonchev–Trinajstić information content (AvgIpc) is 2.27. The van der Waals surface area contributed by atoms with Gasteiger partial charge in [-0.05, 0) is 23.8 Å². The number of carboxylic acids is 1. The maximum atomic E-state index is 11.7. The fraction of sp³-hybridized carbons (Fsp3) is 0.200. The van der Waals surface area contributed by atoms with Crippen LogP contribution in [0.5, 0.6) is 5.75 Å². The Morgan fingerprint density at radius 3 is 2.72 bits per heavy atom. The van der Waals surface area contributed by atoms with E-state index in [-0.39, 0.29) is 10.5 Å². The number of aliphatic carboxylic acids is 1. The van der Waals surface area contributed by atoms with E-state index in [1.807, 2.05) is 0 Å². The molecule has 0 spiro atoms. The van der Waals surface area contributed by atoms with E-state index in [0.717, 1.165) is 0 Å². The van der Waals surface area contributed by atoms with Gasteiger partial charge in [-0.2, -0.15) is 5.26 Å². The highest BCUT2D eigenvalue weighted by atomic mass is 32.2. The molecule has 0 radical (unpaired) electrons. The van der Waals surface area contributed by atoms with Gasteiger partial charge in [0.2, 0.25) is 0 Å². The summed E-state index contributed by atoms with van der Waals surface area (Å²) < 4.78 is 29.9. The number of hydrogen-bond donors (Lipinski definition) is 2. The van der Waals surface area contributed by atoms with E-state index in [4.69, 9.17) is 15.1 Å². The van der Waals surface area contributed by atoms with E-state index in [9.17, 15) is 13.2 Å². The monoisotopic (exact) mass is 270 g/mol. The molecule has 0 saturated heterocycles. The Morgan fingerprint density at radius 2 is 2.22 bits per heavy atom. The second-order valence-corrected chi connectivity index (χ2v) is 4.91. The first-order valence-corrected chi connectivity index (χ1v) is 6.18. The molecule has 0 amide bonds. The van der Waals surface area contributed by atoms with Gasteiger partial charge >= 0.3 is 5.97 Å². The predicted molar refractivity (Wildman–Crippen MR) is 60.3 cm³/mol. The van der Waals surface area contributed by atoms with Crippen LogP contribution in [0.1, 0.15) is 5.56 Å².